The van der Waals surface area contributed by atoms with Crippen molar-refractivity contribution >= 4 is 28.6 Å². The number of rotatable bonds is 5. The number of aromatic nitrogens is 2. The van der Waals surface area contributed by atoms with E-state index in [4.69, 9.17) is 10.1 Å². The van der Waals surface area contributed by atoms with Crippen LogP contribution in [0.15, 0.2) is 24.5 Å². The van der Waals surface area contributed by atoms with Gasteiger partial charge in [0.15, 0.2) is 10.6 Å². The molecule has 1 saturated heterocycles. The summed E-state index contributed by atoms with van der Waals surface area (Å²) >= 11 is -1.41. The zero-order valence-electron chi connectivity index (χ0n) is 19.0. The molecule has 3 atom stereocenters. The molecule has 1 unspecified atom stereocenters. The summed E-state index contributed by atoms with van der Waals surface area (Å²) < 4.78 is 32.5. The largest absolute Gasteiger partial charge is 0.615 e. The first-order chi connectivity index (χ1) is 14.9. The minimum absolute atomic E-state index is 0.0318. The molecule has 2 heterocycles. The number of halogens is 1. The Kier molecular flexibility index (Phi) is 6.48. The Bertz CT molecular complexity index is 1050. The fourth-order valence-corrected chi connectivity index (χ4v) is 5.49. The van der Waals surface area contributed by atoms with Crippen LogP contribution in [0.4, 0.5) is 10.1 Å². The van der Waals surface area contributed by atoms with Gasteiger partial charge >= 0.3 is 0 Å². The lowest BCUT2D eigenvalue weighted by molar-refractivity contribution is 0.102. The molecule has 0 aliphatic carbocycles. The lowest BCUT2D eigenvalue weighted by atomic mass is 9.88. The molecule has 0 spiro atoms. The van der Waals surface area contributed by atoms with Gasteiger partial charge in [0.25, 0.3) is 5.91 Å². The molecule has 1 fully saturated rings. The first-order valence-electron chi connectivity index (χ1n) is 10.2. The van der Waals surface area contributed by atoms with Crippen molar-refractivity contribution in [1.82, 2.24) is 15.3 Å². The van der Waals surface area contributed by atoms with Crippen molar-refractivity contribution in [3.05, 3.63) is 47.2 Å². The van der Waals surface area contributed by atoms with Crippen LogP contribution < -0.4 is 15.4 Å². The molecule has 1 aliphatic heterocycles. The van der Waals surface area contributed by atoms with Crippen LogP contribution in [-0.2, 0) is 16.7 Å². The van der Waals surface area contributed by atoms with E-state index in [0.29, 0.717) is 11.3 Å². The van der Waals surface area contributed by atoms with Crippen LogP contribution in [0.2, 0.25) is 0 Å². The molecule has 2 aromatic rings. The third kappa shape index (κ3) is 4.16. The molecule has 3 rings (SSSR count). The van der Waals surface area contributed by atoms with Gasteiger partial charge in [0.2, 0.25) is 5.88 Å². The van der Waals surface area contributed by atoms with Gasteiger partial charge in [-0.05, 0) is 49.6 Å². The number of hydrogen-bond donors (Lipinski definition) is 3. The predicted octanol–water partition coefficient (Wildman–Crippen LogP) is 3.14. The Morgan fingerprint density at radius 3 is 2.56 bits per heavy atom. The first-order valence-corrected chi connectivity index (χ1v) is 11.5. The maximum absolute atomic E-state index is 15.2. The van der Waals surface area contributed by atoms with Gasteiger partial charge in [-0.25, -0.2) is 14.4 Å². The number of amidine groups is 1. The zero-order chi connectivity index (χ0) is 23.8. The van der Waals surface area contributed by atoms with Gasteiger partial charge in [-0.2, -0.15) is 0 Å². The predicted molar refractivity (Wildman–Crippen MR) is 122 cm³/mol. The average molecular weight is 462 g/mol. The van der Waals surface area contributed by atoms with Crippen molar-refractivity contribution in [2.45, 2.75) is 44.9 Å². The van der Waals surface area contributed by atoms with E-state index in [1.807, 2.05) is 13.8 Å². The molecule has 32 heavy (non-hydrogen) atoms. The maximum atomic E-state index is 15.2. The van der Waals surface area contributed by atoms with E-state index in [1.165, 1.54) is 31.6 Å². The van der Waals surface area contributed by atoms with Crippen LogP contribution in [0.1, 0.15) is 49.3 Å². The molecular formula is C22H28FN5O3S. The Labute approximate surface area is 190 Å². The first kappa shape index (κ1) is 23.9. The van der Waals surface area contributed by atoms with Gasteiger partial charge in [-0.1, -0.05) is 13.8 Å². The monoisotopic (exact) mass is 461 g/mol. The number of benzene rings is 1. The number of amides is 1. The Morgan fingerprint density at radius 1 is 1.34 bits per heavy atom. The SMILES string of the molecule is COc1cnc(C(=O)Nc2cc(C)c(F)c([C@]3(C)C[S+]([O-])[C@](C)(C(C)C)C(=N)N3)c2)cn1. The van der Waals surface area contributed by atoms with Gasteiger partial charge in [0, 0.05) is 17.2 Å². The average Bonchev–Trinajstić information content (AvgIpc) is 2.74. The van der Waals surface area contributed by atoms with Crippen LogP contribution in [-0.4, -0.2) is 43.9 Å². The van der Waals surface area contributed by atoms with E-state index in [9.17, 15) is 9.35 Å². The lowest BCUT2D eigenvalue weighted by Crippen LogP contribution is -2.66. The minimum Gasteiger partial charge on any atom is -0.615 e. The highest BCUT2D eigenvalue weighted by Crippen LogP contribution is 2.40. The van der Waals surface area contributed by atoms with Crippen LogP contribution in [0.3, 0.4) is 0 Å². The second-order valence-electron chi connectivity index (χ2n) is 8.64. The fourth-order valence-electron chi connectivity index (χ4n) is 3.64. The third-order valence-electron chi connectivity index (χ3n) is 6.07. The van der Waals surface area contributed by atoms with Crippen molar-refractivity contribution in [1.29, 1.82) is 5.41 Å². The maximum Gasteiger partial charge on any atom is 0.275 e. The molecule has 1 aromatic carbocycles. The summed E-state index contributed by atoms with van der Waals surface area (Å²) in [4.78, 5) is 20.6. The van der Waals surface area contributed by atoms with Gasteiger partial charge in [0.1, 0.15) is 22.8 Å². The molecule has 0 saturated carbocycles. The summed E-state index contributed by atoms with van der Waals surface area (Å²) in [5.74, 6) is -0.499. The number of ether oxygens (including phenoxy) is 1. The molecule has 0 bridgehead atoms. The zero-order valence-corrected chi connectivity index (χ0v) is 19.8. The van der Waals surface area contributed by atoms with Crippen LogP contribution in [0.25, 0.3) is 0 Å². The van der Waals surface area contributed by atoms with Crippen LogP contribution in [0.5, 0.6) is 5.88 Å². The van der Waals surface area contributed by atoms with Crippen molar-refractivity contribution < 1.29 is 18.5 Å². The Balaban J connectivity index is 1.93. The molecule has 0 radical (unpaired) electrons. The standard InChI is InChI=1S/C22H28FN5O3S/c1-12(2)22(5)20(24)28-21(4,11-32(22)30)15-8-14(7-13(3)18(15)23)27-19(29)16-9-26-17(31-6)10-25-16/h7-10,12H,11H2,1-6H3,(H2,24,28)(H,27,29)/t21-,22+,32?/m0/s1. The van der Waals surface area contributed by atoms with Crippen molar-refractivity contribution in [2.24, 2.45) is 5.92 Å². The molecular weight excluding hydrogens is 433 g/mol. The van der Waals surface area contributed by atoms with Crippen LogP contribution >= 0.6 is 0 Å². The Morgan fingerprint density at radius 2 is 2.03 bits per heavy atom. The highest BCUT2D eigenvalue weighted by molar-refractivity contribution is 7.93. The smallest absolute Gasteiger partial charge is 0.275 e. The highest BCUT2D eigenvalue weighted by atomic mass is 32.2. The second-order valence-corrected chi connectivity index (χ2v) is 10.5. The van der Waals surface area contributed by atoms with E-state index in [-0.39, 0.29) is 34.6 Å². The fraction of sp³-hybridized carbons (Fsp3) is 0.455. The van der Waals surface area contributed by atoms with E-state index < -0.39 is 33.2 Å². The molecule has 3 N–H and O–H groups in total. The van der Waals surface area contributed by atoms with Gasteiger partial charge in [-0.3, -0.25) is 10.2 Å². The second kappa shape index (κ2) is 8.67. The quantitative estimate of drug-likeness (QED) is 0.588. The third-order valence-corrected chi connectivity index (χ3v) is 8.53. The highest BCUT2D eigenvalue weighted by Gasteiger charge is 2.54. The van der Waals surface area contributed by atoms with Crippen molar-refractivity contribution in [3.63, 3.8) is 0 Å². The summed E-state index contributed by atoms with van der Waals surface area (Å²) in [6.45, 7) is 8.93. The molecule has 8 nitrogen and oxygen atoms in total. The van der Waals surface area contributed by atoms with E-state index >= 15 is 4.39 Å². The summed E-state index contributed by atoms with van der Waals surface area (Å²) in [6, 6.07) is 3.02. The lowest BCUT2D eigenvalue weighted by Gasteiger charge is -2.47. The van der Waals surface area contributed by atoms with Crippen molar-refractivity contribution in [3.8, 4) is 5.88 Å². The van der Waals surface area contributed by atoms with E-state index in [0.717, 1.165) is 0 Å². The molecule has 10 heteroatoms. The summed E-state index contributed by atoms with van der Waals surface area (Å²) in [7, 11) is 1.45. The number of methoxy groups -OCH3 is 1. The van der Waals surface area contributed by atoms with Gasteiger partial charge < -0.3 is 19.9 Å². The van der Waals surface area contributed by atoms with E-state index in [2.05, 4.69) is 20.6 Å². The number of anilines is 1. The van der Waals surface area contributed by atoms with Crippen molar-refractivity contribution in [2.75, 3.05) is 18.2 Å². The van der Waals surface area contributed by atoms with Crippen LogP contribution in [0, 0.1) is 24.1 Å². The van der Waals surface area contributed by atoms with Gasteiger partial charge in [-0.15, -0.1) is 0 Å². The molecule has 172 valence electrons. The topological polar surface area (TPSA) is 123 Å². The number of carbonyl (C=O) groups excluding carboxylic acids is 1. The number of hydrogen-bond acceptors (Lipinski definition) is 6. The normalized spacial score (nSPS) is 25.4. The van der Waals surface area contributed by atoms with Gasteiger partial charge in [0.05, 0.1) is 19.5 Å². The molecule has 1 aromatic heterocycles. The number of nitrogens with zero attached hydrogens (tertiary/aromatic N) is 2. The Hall–Kier alpha value is -2.72. The number of aryl methyl sites for hydroxylation is 1. The number of carbonyl (C=O) groups is 1. The summed E-state index contributed by atoms with van der Waals surface area (Å²) in [6.07, 6.45) is 2.61. The number of nitrogens with one attached hydrogen (secondary N) is 3. The van der Waals surface area contributed by atoms with E-state index in [1.54, 1.807) is 20.8 Å². The molecule has 1 amide bonds. The minimum atomic E-state index is -1.41. The summed E-state index contributed by atoms with van der Waals surface area (Å²) in [5.41, 5.74) is -0.0918. The summed E-state index contributed by atoms with van der Waals surface area (Å²) in [5, 5.41) is 14.3. The molecule has 1 aliphatic rings.